The van der Waals surface area contributed by atoms with Gasteiger partial charge in [0.25, 0.3) is 5.91 Å². The lowest BCUT2D eigenvalue weighted by atomic mass is 9.99. The third-order valence-electron chi connectivity index (χ3n) is 4.41. The van der Waals surface area contributed by atoms with Gasteiger partial charge in [-0.15, -0.1) is 0 Å². The molecule has 2 aromatic rings. The van der Waals surface area contributed by atoms with Crippen molar-refractivity contribution in [2.45, 2.75) is 12.2 Å². The summed E-state index contributed by atoms with van der Waals surface area (Å²) in [6, 6.07) is 13.0. The number of ketones is 1. The molecule has 2 heterocycles. The lowest BCUT2D eigenvalue weighted by Gasteiger charge is -2.30. The first kappa shape index (κ1) is 16.8. The van der Waals surface area contributed by atoms with Crippen molar-refractivity contribution < 1.29 is 24.2 Å². The summed E-state index contributed by atoms with van der Waals surface area (Å²) in [6.07, 6.45) is -1.33. The van der Waals surface area contributed by atoms with E-state index in [0.717, 1.165) is 0 Å². The van der Waals surface area contributed by atoms with Crippen LogP contribution in [0.1, 0.15) is 17.2 Å². The maximum Gasteiger partial charge on any atom is 0.406 e. The van der Waals surface area contributed by atoms with Crippen molar-refractivity contribution in [2.75, 3.05) is 11.5 Å². The summed E-state index contributed by atoms with van der Waals surface area (Å²) in [5.41, 5.74) is 1.57. The number of amides is 2. The first-order chi connectivity index (χ1) is 13.1. The van der Waals surface area contributed by atoms with Gasteiger partial charge in [0.1, 0.15) is 18.4 Å². The minimum absolute atomic E-state index is 0.200. The second-order valence-corrected chi connectivity index (χ2v) is 6.10. The summed E-state index contributed by atoms with van der Waals surface area (Å²) in [5, 5.41) is 11.2. The fraction of sp³-hybridized carbons (Fsp3) is 0.158. The van der Waals surface area contributed by atoms with Gasteiger partial charge in [-0.1, -0.05) is 42.5 Å². The zero-order valence-electron chi connectivity index (χ0n) is 14.0. The van der Waals surface area contributed by atoms with Crippen LogP contribution in [0.25, 0.3) is 0 Å². The fourth-order valence-electron chi connectivity index (χ4n) is 3.29. The Morgan fingerprint density at radius 2 is 1.93 bits per heavy atom. The van der Waals surface area contributed by atoms with Gasteiger partial charge in [-0.25, -0.2) is 4.79 Å². The lowest BCUT2D eigenvalue weighted by Crippen LogP contribution is -2.49. The number of nitrogens with zero attached hydrogens (tertiary/aromatic N) is 2. The van der Waals surface area contributed by atoms with Crippen LogP contribution in [-0.2, 0) is 9.59 Å². The van der Waals surface area contributed by atoms with Gasteiger partial charge in [-0.2, -0.15) is 0 Å². The molecule has 0 bridgehead atoms. The Labute approximate surface area is 154 Å². The monoisotopic (exact) mass is 365 g/mol. The summed E-state index contributed by atoms with van der Waals surface area (Å²) in [5.74, 6) is -0.588. The van der Waals surface area contributed by atoms with Crippen LogP contribution in [0.2, 0.25) is 0 Å². The van der Waals surface area contributed by atoms with E-state index < -0.39 is 24.2 Å². The average molecular weight is 365 g/mol. The van der Waals surface area contributed by atoms with E-state index in [0.29, 0.717) is 22.6 Å². The van der Waals surface area contributed by atoms with Gasteiger partial charge in [-0.3, -0.25) is 24.8 Å². The molecule has 2 atom stereocenters. The van der Waals surface area contributed by atoms with Crippen LogP contribution in [0.15, 0.2) is 53.5 Å². The molecule has 136 valence electrons. The van der Waals surface area contributed by atoms with Crippen molar-refractivity contribution in [3.63, 3.8) is 0 Å². The number of Topliss-reactive ketones (excluding diaryl/α,β-unsaturated/α-hetero) is 1. The number of carbonyl (C=O) groups is 3. The number of carbonyl (C=O) groups excluding carboxylic acids is 2. The van der Waals surface area contributed by atoms with Gasteiger partial charge in [0.2, 0.25) is 6.17 Å². The number of anilines is 1. The van der Waals surface area contributed by atoms with Crippen molar-refractivity contribution in [3.05, 3.63) is 59.7 Å². The second-order valence-electron chi connectivity index (χ2n) is 6.10. The summed E-state index contributed by atoms with van der Waals surface area (Å²) in [7, 11) is 0. The van der Waals surface area contributed by atoms with Crippen molar-refractivity contribution in [1.82, 2.24) is 5.32 Å². The minimum atomic E-state index is -1.38. The van der Waals surface area contributed by atoms with Crippen LogP contribution >= 0.6 is 0 Å². The molecule has 0 aliphatic carbocycles. The van der Waals surface area contributed by atoms with E-state index in [1.54, 1.807) is 42.5 Å². The number of hydrogen-bond acceptors (Lipinski definition) is 5. The number of rotatable bonds is 2. The number of hydrogen-bond donors (Lipinski definition) is 2. The van der Waals surface area contributed by atoms with Crippen LogP contribution in [0, 0.1) is 0 Å². The molecule has 8 heteroatoms. The molecule has 8 nitrogen and oxygen atoms in total. The Hall–Kier alpha value is -3.68. The zero-order valence-corrected chi connectivity index (χ0v) is 14.0. The Morgan fingerprint density at radius 1 is 1.15 bits per heavy atom. The Morgan fingerprint density at radius 3 is 2.67 bits per heavy atom. The van der Waals surface area contributed by atoms with Gasteiger partial charge in [-0.05, 0) is 11.6 Å². The quantitative estimate of drug-likeness (QED) is 0.843. The summed E-state index contributed by atoms with van der Waals surface area (Å²) in [4.78, 5) is 42.6. The predicted octanol–water partition coefficient (Wildman–Crippen LogP) is 1.75. The molecule has 0 saturated heterocycles. The first-order valence-electron chi connectivity index (χ1n) is 8.25. The van der Waals surface area contributed by atoms with Gasteiger partial charge in [0.05, 0.1) is 5.69 Å². The molecule has 0 radical (unpaired) electrons. The van der Waals surface area contributed by atoms with Gasteiger partial charge in [0.15, 0.2) is 5.78 Å². The summed E-state index contributed by atoms with van der Waals surface area (Å²) in [6.45, 7) is -0.200. The highest BCUT2D eigenvalue weighted by atomic mass is 16.5. The molecule has 2 amide bonds. The Kier molecular flexibility index (Phi) is 4.08. The lowest BCUT2D eigenvalue weighted by molar-refractivity contribution is -0.126. The third-order valence-corrected chi connectivity index (χ3v) is 4.41. The SMILES string of the molecule is O=C(O)NC1N=Cc2cccc3c2N(C1=O)C(c1ccccc1)C(=O)CO3. The molecule has 0 fully saturated rings. The second kappa shape index (κ2) is 6.56. The van der Waals surface area contributed by atoms with E-state index in [4.69, 9.17) is 9.84 Å². The van der Waals surface area contributed by atoms with Gasteiger partial charge in [0, 0.05) is 11.8 Å². The topological polar surface area (TPSA) is 108 Å². The maximum atomic E-state index is 13.2. The molecule has 27 heavy (non-hydrogen) atoms. The van der Waals surface area contributed by atoms with Gasteiger partial charge >= 0.3 is 6.09 Å². The number of para-hydroxylation sites is 1. The number of carboxylic acid groups (broad SMARTS) is 1. The molecule has 2 aromatic carbocycles. The molecular formula is C19H15N3O5. The molecule has 2 N–H and O–H groups in total. The highest BCUT2D eigenvalue weighted by molar-refractivity contribution is 6.11. The number of aliphatic imine (C=N–C) groups is 1. The van der Waals surface area contributed by atoms with Crippen molar-refractivity contribution in [3.8, 4) is 5.75 Å². The van der Waals surface area contributed by atoms with E-state index in [9.17, 15) is 14.4 Å². The van der Waals surface area contributed by atoms with Crippen LogP contribution in [0.5, 0.6) is 5.75 Å². The molecule has 2 unspecified atom stereocenters. The highest BCUT2D eigenvalue weighted by Gasteiger charge is 2.42. The van der Waals surface area contributed by atoms with E-state index in [1.807, 2.05) is 6.07 Å². The summed E-state index contributed by atoms with van der Waals surface area (Å²) >= 11 is 0. The Balaban J connectivity index is 1.93. The molecule has 0 aromatic heterocycles. The summed E-state index contributed by atoms with van der Waals surface area (Å²) < 4.78 is 5.64. The number of benzene rings is 2. The average Bonchev–Trinajstić information content (AvgIpc) is 2.89. The standard InChI is InChI=1S/C19H15N3O5/c23-13-10-27-14-8-4-7-12-9-20-17(21-19(25)26)18(24)22(16(12)14)15(13)11-5-2-1-3-6-11/h1-9,15,17,21H,10H2,(H,25,26). The third kappa shape index (κ3) is 2.91. The van der Waals surface area contributed by atoms with E-state index in [1.165, 1.54) is 11.1 Å². The zero-order chi connectivity index (χ0) is 19.0. The maximum absolute atomic E-state index is 13.2. The van der Waals surface area contributed by atoms with E-state index in [-0.39, 0.29) is 12.4 Å². The van der Waals surface area contributed by atoms with Crippen molar-refractivity contribution >= 4 is 29.7 Å². The minimum Gasteiger partial charge on any atom is -0.484 e. The molecule has 2 aliphatic heterocycles. The highest BCUT2D eigenvalue weighted by Crippen LogP contribution is 2.41. The van der Waals surface area contributed by atoms with E-state index >= 15 is 0 Å². The van der Waals surface area contributed by atoms with Crippen LogP contribution < -0.4 is 15.0 Å². The van der Waals surface area contributed by atoms with Crippen LogP contribution in [0.4, 0.5) is 10.5 Å². The van der Waals surface area contributed by atoms with Crippen molar-refractivity contribution in [2.24, 2.45) is 4.99 Å². The Bertz CT molecular complexity index is 957. The molecule has 0 saturated carbocycles. The van der Waals surface area contributed by atoms with E-state index in [2.05, 4.69) is 10.3 Å². The normalized spacial score (nSPS) is 21.0. The van der Waals surface area contributed by atoms with Crippen molar-refractivity contribution in [1.29, 1.82) is 0 Å². The first-order valence-corrected chi connectivity index (χ1v) is 8.25. The molecule has 4 rings (SSSR count). The molecule has 2 aliphatic rings. The predicted molar refractivity (Wildman–Crippen MR) is 96.2 cm³/mol. The van der Waals surface area contributed by atoms with Crippen LogP contribution in [-0.4, -0.2) is 41.9 Å². The number of ether oxygens (including phenoxy) is 1. The number of nitrogens with one attached hydrogen (secondary N) is 1. The molecule has 0 spiro atoms. The molecular weight excluding hydrogens is 350 g/mol. The fourth-order valence-corrected chi connectivity index (χ4v) is 3.29. The smallest absolute Gasteiger partial charge is 0.406 e. The largest absolute Gasteiger partial charge is 0.484 e. The van der Waals surface area contributed by atoms with Gasteiger partial charge < -0.3 is 9.84 Å². The van der Waals surface area contributed by atoms with Crippen LogP contribution in [0.3, 0.4) is 0 Å².